The number of halogens is 1. The highest BCUT2D eigenvalue weighted by Gasteiger charge is 2.36. The molecule has 0 aromatic carbocycles. The molecule has 0 unspecified atom stereocenters. The van der Waals surface area contributed by atoms with Crippen LogP contribution in [-0.4, -0.2) is 26.8 Å². The largest absolute Gasteiger partial charge is 0.336 e. The van der Waals surface area contributed by atoms with Crippen molar-refractivity contribution in [3.63, 3.8) is 0 Å². The van der Waals surface area contributed by atoms with Gasteiger partial charge in [-0.1, -0.05) is 20.3 Å². The van der Waals surface area contributed by atoms with Crippen molar-refractivity contribution in [2.24, 2.45) is 5.92 Å². The lowest BCUT2D eigenvalue weighted by Gasteiger charge is -2.28. The monoisotopic (exact) mass is 375 g/mol. The number of amides is 1. The fourth-order valence-corrected chi connectivity index (χ4v) is 3.12. The molecule has 0 bridgehead atoms. The average Bonchev–Trinajstić information content (AvgIpc) is 2.95. The summed E-state index contributed by atoms with van der Waals surface area (Å²) >= 11 is 2.22. The van der Waals surface area contributed by atoms with Crippen LogP contribution in [0.5, 0.6) is 0 Å². The Labute approximate surface area is 128 Å². The molecule has 0 spiro atoms. The molecule has 1 aliphatic heterocycles. The van der Waals surface area contributed by atoms with Gasteiger partial charge in [0.25, 0.3) is 0 Å². The summed E-state index contributed by atoms with van der Waals surface area (Å²) in [6.07, 6.45) is 5.60. The van der Waals surface area contributed by atoms with Crippen LogP contribution < -0.4 is 0 Å². The van der Waals surface area contributed by atoms with Crippen molar-refractivity contribution in [2.45, 2.75) is 58.5 Å². The Balaban J connectivity index is 2.13. The Hall–Kier alpha value is -0.590. The molecule has 1 aromatic heterocycles. The molecule has 0 radical (unpaired) electrons. The lowest BCUT2D eigenvalue weighted by Crippen LogP contribution is -2.36. The highest BCUT2D eigenvalue weighted by Crippen LogP contribution is 2.35. The fraction of sp³-hybridized carbons (Fsp3) is 0.714. The van der Waals surface area contributed by atoms with Gasteiger partial charge in [-0.2, -0.15) is 0 Å². The molecule has 106 valence electrons. The van der Waals surface area contributed by atoms with Gasteiger partial charge in [0.05, 0.1) is 15.9 Å². The number of nitrogens with zero attached hydrogens (tertiary/aromatic N) is 2. The summed E-state index contributed by atoms with van der Waals surface area (Å²) in [7, 11) is 0. The van der Waals surface area contributed by atoms with Gasteiger partial charge in [0.2, 0.25) is 5.91 Å². The van der Waals surface area contributed by atoms with Crippen LogP contribution in [0.3, 0.4) is 0 Å². The highest BCUT2D eigenvalue weighted by atomic mass is 127. The van der Waals surface area contributed by atoms with Crippen LogP contribution in [0.4, 0.5) is 0 Å². The maximum atomic E-state index is 12.5. The molecule has 4 nitrogen and oxygen atoms in total. The number of imidazole rings is 1. The lowest BCUT2D eigenvalue weighted by atomic mass is 10.0. The fourth-order valence-electron chi connectivity index (χ4n) is 2.70. The van der Waals surface area contributed by atoms with Gasteiger partial charge in [-0.05, 0) is 48.3 Å². The Morgan fingerprint density at radius 1 is 1.63 bits per heavy atom. The van der Waals surface area contributed by atoms with E-state index in [9.17, 15) is 4.79 Å². The van der Waals surface area contributed by atoms with Crippen LogP contribution in [0.1, 0.15) is 58.3 Å². The average molecular weight is 375 g/mol. The van der Waals surface area contributed by atoms with E-state index in [0.717, 1.165) is 28.8 Å². The molecule has 0 aliphatic carbocycles. The molecule has 1 fully saturated rings. The molecule has 1 amide bonds. The first-order chi connectivity index (χ1) is 9.02. The minimum absolute atomic E-state index is 0.134. The van der Waals surface area contributed by atoms with Gasteiger partial charge in [-0.25, -0.2) is 4.98 Å². The Morgan fingerprint density at radius 2 is 2.37 bits per heavy atom. The lowest BCUT2D eigenvalue weighted by molar-refractivity contribution is -0.135. The number of likely N-dealkylation sites (tertiary alicyclic amines) is 1. The second-order valence-electron chi connectivity index (χ2n) is 5.58. The third-order valence-electron chi connectivity index (χ3n) is 4.06. The number of nitrogens with one attached hydrogen (secondary N) is 1. The Kier molecular flexibility index (Phi) is 4.86. The van der Waals surface area contributed by atoms with E-state index in [-0.39, 0.29) is 11.9 Å². The first kappa shape index (κ1) is 14.8. The minimum Gasteiger partial charge on any atom is -0.336 e. The summed E-state index contributed by atoms with van der Waals surface area (Å²) in [6, 6.07) is 0.458. The molecular weight excluding hydrogens is 353 g/mol. The van der Waals surface area contributed by atoms with Crippen molar-refractivity contribution in [3.05, 3.63) is 15.7 Å². The standard InChI is InChI=1S/C14H22IN3O/c1-4-9(2)7-13(19)18-10(3)5-6-11(18)14-16-8-12(15)17-14/h8-11H,4-7H2,1-3H3,(H,16,17)/t9-,10-,11-/m0/s1. The number of rotatable bonds is 4. The molecule has 0 saturated carbocycles. The van der Waals surface area contributed by atoms with Crippen molar-refractivity contribution < 1.29 is 4.79 Å². The summed E-state index contributed by atoms with van der Waals surface area (Å²) in [5.74, 6) is 1.67. The number of hydrogen-bond donors (Lipinski definition) is 1. The van der Waals surface area contributed by atoms with Crippen LogP contribution in [0.15, 0.2) is 6.20 Å². The topological polar surface area (TPSA) is 49.0 Å². The van der Waals surface area contributed by atoms with Crippen LogP contribution in [0.2, 0.25) is 0 Å². The van der Waals surface area contributed by atoms with Crippen LogP contribution >= 0.6 is 22.6 Å². The van der Waals surface area contributed by atoms with Crippen molar-refractivity contribution in [3.8, 4) is 0 Å². The minimum atomic E-state index is 0.134. The van der Waals surface area contributed by atoms with Gasteiger partial charge in [-0.3, -0.25) is 4.79 Å². The van der Waals surface area contributed by atoms with E-state index in [1.165, 1.54) is 0 Å². The van der Waals surface area contributed by atoms with E-state index in [1.54, 1.807) is 0 Å². The molecular formula is C14H22IN3O. The Morgan fingerprint density at radius 3 is 2.95 bits per heavy atom. The second kappa shape index (κ2) is 6.24. The maximum Gasteiger partial charge on any atom is 0.223 e. The second-order valence-corrected chi connectivity index (χ2v) is 6.74. The number of H-pyrrole nitrogens is 1. The van der Waals surface area contributed by atoms with Crippen molar-refractivity contribution in [2.75, 3.05) is 0 Å². The van der Waals surface area contributed by atoms with E-state index in [0.29, 0.717) is 18.4 Å². The van der Waals surface area contributed by atoms with Crippen LogP contribution in [0, 0.1) is 9.62 Å². The predicted octanol–water partition coefficient (Wildman–Crippen LogP) is 3.50. The van der Waals surface area contributed by atoms with E-state index >= 15 is 0 Å². The van der Waals surface area contributed by atoms with Crippen molar-refractivity contribution >= 4 is 28.5 Å². The van der Waals surface area contributed by atoms with Gasteiger partial charge in [0.1, 0.15) is 5.82 Å². The van der Waals surface area contributed by atoms with E-state index < -0.39 is 0 Å². The summed E-state index contributed by atoms with van der Waals surface area (Å²) < 4.78 is 1.03. The molecule has 1 aromatic rings. The molecule has 1 N–H and O–H groups in total. The third-order valence-corrected chi connectivity index (χ3v) is 4.60. The SMILES string of the molecule is CC[C@H](C)CC(=O)N1[C@@H](C)CC[C@H]1c1ncc(I)[nH]1. The number of carbonyl (C=O) groups is 1. The van der Waals surface area contributed by atoms with E-state index in [1.807, 2.05) is 11.1 Å². The summed E-state index contributed by atoms with van der Waals surface area (Å²) in [4.78, 5) is 22.2. The summed E-state index contributed by atoms with van der Waals surface area (Å²) in [5, 5.41) is 0. The number of hydrogen-bond acceptors (Lipinski definition) is 2. The maximum absolute atomic E-state index is 12.5. The molecule has 19 heavy (non-hydrogen) atoms. The van der Waals surface area contributed by atoms with Crippen LogP contribution in [0.25, 0.3) is 0 Å². The van der Waals surface area contributed by atoms with Crippen molar-refractivity contribution in [1.82, 2.24) is 14.9 Å². The van der Waals surface area contributed by atoms with Crippen molar-refractivity contribution in [1.29, 1.82) is 0 Å². The van der Waals surface area contributed by atoms with Gasteiger partial charge in [0, 0.05) is 12.5 Å². The molecule has 2 rings (SSSR count). The van der Waals surface area contributed by atoms with Gasteiger partial charge in [-0.15, -0.1) is 0 Å². The number of aromatic nitrogens is 2. The van der Waals surface area contributed by atoms with E-state index in [2.05, 4.69) is 53.3 Å². The Bertz CT molecular complexity index is 446. The smallest absolute Gasteiger partial charge is 0.223 e. The molecule has 3 atom stereocenters. The summed E-state index contributed by atoms with van der Waals surface area (Å²) in [6.45, 7) is 6.42. The molecule has 5 heteroatoms. The zero-order valence-electron chi connectivity index (χ0n) is 11.8. The predicted molar refractivity (Wildman–Crippen MR) is 83.7 cm³/mol. The molecule has 2 heterocycles. The van der Waals surface area contributed by atoms with E-state index in [4.69, 9.17) is 0 Å². The molecule has 1 saturated heterocycles. The summed E-state index contributed by atoms with van der Waals surface area (Å²) in [5.41, 5.74) is 0. The third kappa shape index (κ3) is 3.30. The van der Waals surface area contributed by atoms with Gasteiger partial charge >= 0.3 is 0 Å². The highest BCUT2D eigenvalue weighted by molar-refractivity contribution is 14.1. The first-order valence-corrected chi connectivity index (χ1v) is 8.12. The van der Waals surface area contributed by atoms with Gasteiger partial charge in [0.15, 0.2) is 0 Å². The van der Waals surface area contributed by atoms with Gasteiger partial charge < -0.3 is 9.88 Å². The number of aromatic amines is 1. The normalized spacial score (nSPS) is 24.7. The van der Waals surface area contributed by atoms with Crippen LogP contribution in [-0.2, 0) is 4.79 Å². The quantitative estimate of drug-likeness (QED) is 0.819. The molecule has 1 aliphatic rings. The first-order valence-electron chi connectivity index (χ1n) is 7.04. The zero-order valence-corrected chi connectivity index (χ0v) is 14.0. The number of carbonyl (C=O) groups excluding carboxylic acids is 1. The zero-order chi connectivity index (χ0) is 14.0.